The number of aliphatic hydroxyl groups is 1. The number of pyridine rings is 1. The van der Waals surface area contributed by atoms with Gasteiger partial charge in [-0.2, -0.15) is 0 Å². The molecule has 0 amide bonds. The van der Waals surface area contributed by atoms with Crippen LogP contribution in [0.25, 0.3) is 22.0 Å². The average molecular weight is 386 g/mol. The van der Waals surface area contributed by atoms with Gasteiger partial charge in [0.25, 0.3) is 0 Å². The molecule has 2 heterocycles. The molecule has 0 saturated heterocycles. The topological polar surface area (TPSA) is 62.1 Å². The third kappa shape index (κ3) is 4.01. The number of rotatable bonds is 7. The van der Waals surface area contributed by atoms with Gasteiger partial charge in [-0.15, -0.1) is 0 Å². The standard InChI is InChI=1S/C24H26N4O/c1-17-21(18-7-4-3-5-8-18)9-6-10-22(17)27-24-23-19(16-28(24)2)11-12-20(26-23)15-25-13-14-29/h3-12,16,25,27,29H,13-15H2,1-2H3. The summed E-state index contributed by atoms with van der Waals surface area (Å²) in [7, 11) is 2.03. The highest BCUT2D eigenvalue weighted by atomic mass is 16.3. The van der Waals surface area contributed by atoms with E-state index >= 15 is 0 Å². The summed E-state index contributed by atoms with van der Waals surface area (Å²) in [6, 6.07) is 20.9. The molecule has 5 nitrogen and oxygen atoms in total. The Morgan fingerprint density at radius 1 is 1.00 bits per heavy atom. The van der Waals surface area contributed by atoms with E-state index in [0.717, 1.165) is 28.1 Å². The van der Waals surface area contributed by atoms with Crippen molar-refractivity contribution in [3.8, 4) is 11.1 Å². The number of nitrogens with one attached hydrogen (secondary N) is 2. The first-order valence-corrected chi connectivity index (χ1v) is 9.86. The Kier molecular flexibility index (Phi) is 5.60. The van der Waals surface area contributed by atoms with Gasteiger partial charge in [0.2, 0.25) is 0 Å². The number of aliphatic hydroxyl groups excluding tert-OH is 1. The first-order chi connectivity index (χ1) is 14.2. The van der Waals surface area contributed by atoms with Crippen molar-refractivity contribution in [2.75, 3.05) is 18.5 Å². The molecular weight excluding hydrogens is 360 g/mol. The molecule has 148 valence electrons. The first-order valence-electron chi connectivity index (χ1n) is 9.86. The molecule has 0 aliphatic heterocycles. The molecule has 5 heteroatoms. The van der Waals surface area contributed by atoms with Crippen LogP contribution in [0.5, 0.6) is 0 Å². The zero-order valence-corrected chi connectivity index (χ0v) is 16.8. The van der Waals surface area contributed by atoms with E-state index in [-0.39, 0.29) is 6.61 Å². The van der Waals surface area contributed by atoms with Crippen LogP contribution in [0.4, 0.5) is 11.5 Å². The van der Waals surface area contributed by atoms with Gasteiger partial charge in [-0.1, -0.05) is 42.5 Å². The fourth-order valence-corrected chi connectivity index (χ4v) is 3.61. The number of anilines is 2. The normalized spacial score (nSPS) is 11.1. The van der Waals surface area contributed by atoms with Crippen LogP contribution in [0.3, 0.4) is 0 Å². The molecule has 0 fully saturated rings. The summed E-state index contributed by atoms with van der Waals surface area (Å²) in [5.41, 5.74) is 6.60. The Morgan fingerprint density at radius 2 is 1.83 bits per heavy atom. The van der Waals surface area contributed by atoms with Gasteiger partial charge in [0.15, 0.2) is 0 Å². The fraction of sp³-hybridized carbons (Fsp3) is 0.208. The lowest BCUT2D eigenvalue weighted by atomic mass is 9.99. The molecule has 2 aromatic heterocycles. The summed E-state index contributed by atoms with van der Waals surface area (Å²) in [5.74, 6) is 0.970. The summed E-state index contributed by atoms with van der Waals surface area (Å²) in [6.07, 6.45) is 2.09. The summed E-state index contributed by atoms with van der Waals surface area (Å²) < 4.78 is 2.08. The maximum Gasteiger partial charge on any atom is 0.137 e. The van der Waals surface area contributed by atoms with Crippen molar-refractivity contribution < 1.29 is 5.11 Å². The Labute approximate surface area is 171 Å². The average Bonchev–Trinajstić information content (AvgIpc) is 3.05. The second-order valence-corrected chi connectivity index (χ2v) is 7.20. The van der Waals surface area contributed by atoms with Gasteiger partial charge in [-0.25, -0.2) is 4.98 Å². The molecule has 29 heavy (non-hydrogen) atoms. The van der Waals surface area contributed by atoms with E-state index in [1.165, 1.54) is 16.7 Å². The van der Waals surface area contributed by atoms with Gasteiger partial charge in [-0.3, -0.25) is 0 Å². The van der Waals surface area contributed by atoms with Gasteiger partial charge >= 0.3 is 0 Å². The number of hydrogen-bond donors (Lipinski definition) is 3. The van der Waals surface area contributed by atoms with Crippen molar-refractivity contribution in [2.45, 2.75) is 13.5 Å². The van der Waals surface area contributed by atoms with Crippen LogP contribution in [-0.4, -0.2) is 27.8 Å². The van der Waals surface area contributed by atoms with E-state index < -0.39 is 0 Å². The van der Waals surface area contributed by atoms with Gasteiger partial charge in [0.05, 0.1) is 12.3 Å². The van der Waals surface area contributed by atoms with Crippen LogP contribution in [0.2, 0.25) is 0 Å². The lowest BCUT2D eigenvalue weighted by Crippen LogP contribution is -2.18. The fourth-order valence-electron chi connectivity index (χ4n) is 3.61. The third-order valence-corrected chi connectivity index (χ3v) is 5.16. The first kappa shape index (κ1) is 19.2. The van der Waals surface area contributed by atoms with Crippen LogP contribution < -0.4 is 10.6 Å². The van der Waals surface area contributed by atoms with E-state index in [4.69, 9.17) is 10.1 Å². The molecule has 0 spiro atoms. The molecule has 0 unspecified atom stereocenters. The lowest BCUT2D eigenvalue weighted by molar-refractivity contribution is 0.291. The maximum absolute atomic E-state index is 8.96. The van der Waals surface area contributed by atoms with Crippen molar-refractivity contribution in [1.29, 1.82) is 0 Å². The molecule has 0 bridgehead atoms. The highest BCUT2D eigenvalue weighted by Crippen LogP contribution is 2.32. The predicted octanol–water partition coefficient (Wildman–Crippen LogP) is 4.37. The van der Waals surface area contributed by atoms with E-state index in [1.54, 1.807) is 0 Å². The van der Waals surface area contributed by atoms with Crippen molar-refractivity contribution >= 4 is 22.4 Å². The summed E-state index contributed by atoms with van der Waals surface area (Å²) >= 11 is 0. The van der Waals surface area contributed by atoms with Crippen LogP contribution in [-0.2, 0) is 13.6 Å². The molecule has 2 aromatic carbocycles. The Bertz CT molecular complexity index is 1120. The van der Waals surface area contributed by atoms with E-state index in [2.05, 4.69) is 76.9 Å². The quantitative estimate of drug-likeness (QED) is 0.413. The number of aromatic nitrogens is 2. The molecule has 3 N–H and O–H groups in total. The number of fused-ring (bicyclic) bond motifs is 1. The van der Waals surface area contributed by atoms with Crippen molar-refractivity contribution in [2.24, 2.45) is 7.05 Å². The predicted molar refractivity (Wildman–Crippen MR) is 119 cm³/mol. The SMILES string of the molecule is Cc1c(Nc2c3nc(CNCCO)ccc3cn2C)cccc1-c1ccccc1. The lowest BCUT2D eigenvalue weighted by Gasteiger charge is -2.14. The molecule has 0 aliphatic rings. The van der Waals surface area contributed by atoms with E-state index in [1.807, 2.05) is 19.2 Å². The Morgan fingerprint density at radius 3 is 2.62 bits per heavy atom. The van der Waals surface area contributed by atoms with Crippen LogP contribution >= 0.6 is 0 Å². The van der Waals surface area contributed by atoms with Gasteiger partial charge in [0.1, 0.15) is 11.3 Å². The number of aryl methyl sites for hydroxylation is 1. The monoisotopic (exact) mass is 386 g/mol. The van der Waals surface area contributed by atoms with Gasteiger partial charge in [0, 0.05) is 37.4 Å². The Balaban J connectivity index is 1.69. The van der Waals surface area contributed by atoms with Crippen molar-refractivity contribution in [3.63, 3.8) is 0 Å². The van der Waals surface area contributed by atoms with Gasteiger partial charge < -0.3 is 20.3 Å². The van der Waals surface area contributed by atoms with Crippen LogP contribution in [0.15, 0.2) is 66.9 Å². The molecule has 4 aromatic rings. The number of hydrogen-bond acceptors (Lipinski definition) is 4. The molecular formula is C24H26N4O. The highest BCUT2D eigenvalue weighted by molar-refractivity contribution is 5.92. The zero-order chi connectivity index (χ0) is 20.2. The minimum Gasteiger partial charge on any atom is -0.395 e. The van der Waals surface area contributed by atoms with E-state index in [0.29, 0.717) is 13.1 Å². The van der Waals surface area contributed by atoms with Crippen LogP contribution in [0.1, 0.15) is 11.3 Å². The molecule has 0 saturated carbocycles. The molecule has 0 radical (unpaired) electrons. The zero-order valence-electron chi connectivity index (χ0n) is 16.8. The van der Waals surface area contributed by atoms with E-state index in [9.17, 15) is 0 Å². The second-order valence-electron chi connectivity index (χ2n) is 7.20. The van der Waals surface area contributed by atoms with Crippen molar-refractivity contribution in [3.05, 3.63) is 78.1 Å². The maximum atomic E-state index is 8.96. The largest absolute Gasteiger partial charge is 0.395 e. The Hall–Kier alpha value is -3.15. The molecule has 0 atom stereocenters. The second kappa shape index (κ2) is 8.47. The van der Waals surface area contributed by atoms with Crippen LogP contribution in [0, 0.1) is 6.92 Å². The summed E-state index contributed by atoms with van der Waals surface area (Å²) in [5, 5.41) is 16.9. The molecule has 4 rings (SSSR count). The van der Waals surface area contributed by atoms with Gasteiger partial charge in [-0.05, 0) is 41.8 Å². The summed E-state index contributed by atoms with van der Waals surface area (Å²) in [4.78, 5) is 4.85. The minimum absolute atomic E-state index is 0.122. The molecule has 0 aliphatic carbocycles. The number of nitrogens with zero attached hydrogens (tertiary/aromatic N) is 2. The van der Waals surface area contributed by atoms with Crippen molar-refractivity contribution in [1.82, 2.24) is 14.9 Å². The minimum atomic E-state index is 0.122. The third-order valence-electron chi connectivity index (χ3n) is 5.16. The smallest absolute Gasteiger partial charge is 0.137 e. The highest BCUT2D eigenvalue weighted by Gasteiger charge is 2.12. The summed E-state index contributed by atoms with van der Waals surface area (Å²) in [6.45, 7) is 3.46. The number of benzene rings is 2.